The second kappa shape index (κ2) is 13.4. The van der Waals surface area contributed by atoms with Crippen molar-refractivity contribution in [3.8, 4) is 50.7 Å². The SMILES string of the molecule is CC(c1nc(-c2cccc(-n3c4ccccc4c4c5c(ccc43)-c3ccccc3C5(C)C)c2)nc(-c2ccc3c(c2)oc2ccccc23)n1)C1Cc2ccccc2-c2ccccc21. The molecule has 2 aliphatic rings. The molecule has 0 bridgehead atoms. The monoisotopic (exact) mass is 810 g/mol. The molecule has 2 atom stereocenters. The Bertz CT molecular complexity index is 3680. The molecule has 11 aromatic rings. The first kappa shape index (κ1) is 36.1. The minimum Gasteiger partial charge on any atom is -0.456 e. The van der Waals surface area contributed by atoms with Crippen LogP contribution in [-0.2, 0) is 11.8 Å². The predicted molar refractivity (Wildman–Crippen MR) is 257 cm³/mol. The Labute approximate surface area is 365 Å². The third-order valence-corrected chi connectivity index (χ3v) is 14.1. The van der Waals surface area contributed by atoms with E-state index in [-0.39, 0.29) is 17.3 Å². The second-order valence-electron chi connectivity index (χ2n) is 17.9. The van der Waals surface area contributed by atoms with Crippen LogP contribution in [0.2, 0.25) is 0 Å². The number of para-hydroxylation sites is 2. The van der Waals surface area contributed by atoms with E-state index in [4.69, 9.17) is 19.4 Å². The van der Waals surface area contributed by atoms with Crippen molar-refractivity contribution in [2.75, 3.05) is 0 Å². The molecule has 5 heteroatoms. The fraction of sp³-hybridized carbons (Fsp3) is 0.121. The summed E-state index contributed by atoms with van der Waals surface area (Å²) < 4.78 is 8.81. The normalized spacial score (nSPS) is 15.4. The molecule has 0 radical (unpaired) electrons. The largest absolute Gasteiger partial charge is 0.456 e. The van der Waals surface area contributed by atoms with Crippen LogP contribution in [0.3, 0.4) is 0 Å². The third kappa shape index (κ3) is 5.32. The summed E-state index contributed by atoms with van der Waals surface area (Å²) in [5, 5.41) is 4.74. The second-order valence-corrected chi connectivity index (χ2v) is 17.9. The van der Waals surface area contributed by atoms with Crippen LogP contribution in [0.15, 0.2) is 180 Å². The van der Waals surface area contributed by atoms with Crippen molar-refractivity contribution >= 4 is 43.7 Å². The van der Waals surface area contributed by atoms with Crippen LogP contribution in [0.1, 0.15) is 60.7 Å². The highest BCUT2D eigenvalue weighted by Crippen LogP contribution is 2.53. The Morgan fingerprint density at radius 3 is 2.13 bits per heavy atom. The molecule has 5 nitrogen and oxygen atoms in total. The molecular formula is C58H42N4O. The molecule has 2 aliphatic carbocycles. The van der Waals surface area contributed by atoms with Crippen molar-refractivity contribution in [2.45, 2.75) is 44.4 Å². The number of furan rings is 1. The molecule has 2 unspecified atom stereocenters. The molecule has 0 amide bonds. The first-order valence-corrected chi connectivity index (χ1v) is 22.0. The lowest BCUT2D eigenvalue weighted by atomic mass is 9.73. The molecule has 8 aromatic carbocycles. The van der Waals surface area contributed by atoms with Crippen molar-refractivity contribution in [1.29, 1.82) is 0 Å². The van der Waals surface area contributed by atoms with E-state index >= 15 is 0 Å². The molecular weight excluding hydrogens is 769 g/mol. The Morgan fingerprint density at radius 2 is 1.25 bits per heavy atom. The summed E-state index contributed by atoms with van der Waals surface area (Å²) in [4.78, 5) is 16.1. The van der Waals surface area contributed by atoms with Crippen molar-refractivity contribution in [1.82, 2.24) is 19.5 Å². The lowest BCUT2D eigenvalue weighted by Crippen LogP contribution is -2.19. The van der Waals surface area contributed by atoms with E-state index in [1.807, 2.05) is 12.1 Å². The number of fused-ring (bicyclic) bond motifs is 13. The van der Waals surface area contributed by atoms with Crippen molar-refractivity contribution in [3.05, 3.63) is 204 Å². The smallest absolute Gasteiger partial charge is 0.163 e. The van der Waals surface area contributed by atoms with Gasteiger partial charge in [-0.15, -0.1) is 0 Å². The number of benzene rings is 8. The fourth-order valence-corrected chi connectivity index (χ4v) is 11.1. The molecule has 0 aliphatic heterocycles. The van der Waals surface area contributed by atoms with E-state index in [9.17, 15) is 0 Å². The number of hydrogen-bond donors (Lipinski definition) is 0. The highest BCUT2D eigenvalue weighted by molar-refractivity contribution is 6.14. The molecule has 0 saturated heterocycles. The minimum atomic E-state index is -0.150. The molecule has 0 fully saturated rings. The van der Waals surface area contributed by atoms with Gasteiger partial charge < -0.3 is 8.98 Å². The molecule has 13 rings (SSSR count). The lowest BCUT2D eigenvalue weighted by Gasteiger charge is -2.31. The maximum atomic E-state index is 6.39. The van der Waals surface area contributed by atoms with Gasteiger partial charge in [-0.3, -0.25) is 0 Å². The van der Waals surface area contributed by atoms with E-state index in [0.717, 1.165) is 51.0 Å². The Hall–Kier alpha value is -7.63. The van der Waals surface area contributed by atoms with E-state index in [2.05, 4.69) is 189 Å². The summed E-state index contributed by atoms with van der Waals surface area (Å²) in [6.45, 7) is 7.03. The summed E-state index contributed by atoms with van der Waals surface area (Å²) in [5.74, 6) is 2.23. The van der Waals surface area contributed by atoms with Gasteiger partial charge in [0.1, 0.15) is 17.0 Å². The van der Waals surface area contributed by atoms with Gasteiger partial charge in [-0.05, 0) is 99.3 Å². The third-order valence-electron chi connectivity index (χ3n) is 14.1. The van der Waals surface area contributed by atoms with Gasteiger partial charge in [0.25, 0.3) is 0 Å². The summed E-state index contributed by atoms with van der Waals surface area (Å²) in [5.41, 5.74) is 17.5. The Kier molecular flexibility index (Phi) is 7.69. The van der Waals surface area contributed by atoms with Gasteiger partial charge in [0.05, 0.1) is 11.0 Å². The first-order valence-electron chi connectivity index (χ1n) is 22.0. The van der Waals surface area contributed by atoms with Crippen LogP contribution in [0.25, 0.3) is 94.5 Å². The standard InChI is InChI=1S/C58H42N4O/c1-34(47-32-35-15-4-5-18-39(35)40-19-6-7-20-41(40)47)55-59-56(61-57(60-55)37-27-28-44-43-22-10-13-26-51(43)63-52(44)33-37)36-16-14-17-38(31-36)62-49-25-12-9-23-46(49)53-50(62)30-29-45-42-21-8-11-24-48(42)58(2,3)54(45)53/h4-31,33-34,47H,32H2,1-3H3. The number of aromatic nitrogens is 4. The zero-order chi connectivity index (χ0) is 42.0. The maximum absolute atomic E-state index is 6.39. The Balaban J connectivity index is 0.990. The average Bonchev–Trinajstić information content (AvgIpc) is 3.96. The molecule has 63 heavy (non-hydrogen) atoms. The van der Waals surface area contributed by atoms with Crippen LogP contribution < -0.4 is 0 Å². The molecule has 3 aromatic heterocycles. The first-order chi connectivity index (χ1) is 30.9. The van der Waals surface area contributed by atoms with E-state index in [1.54, 1.807) is 0 Å². The summed E-state index contributed by atoms with van der Waals surface area (Å²) in [7, 11) is 0. The minimum absolute atomic E-state index is 0.00923. The topological polar surface area (TPSA) is 56.7 Å². The van der Waals surface area contributed by atoms with Gasteiger partial charge in [-0.25, -0.2) is 15.0 Å². The number of hydrogen-bond acceptors (Lipinski definition) is 4. The van der Waals surface area contributed by atoms with E-state index < -0.39 is 0 Å². The molecule has 0 saturated carbocycles. The number of rotatable bonds is 5. The van der Waals surface area contributed by atoms with Crippen LogP contribution in [-0.4, -0.2) is 19.5 Å². The van der Waals surface area contributed by atoms with Gasteiger partial charge in [0.2, 0.25) is 0 Å². The zero-order valence-corrected chi connectivity index (χ0v) is 35.3. The van der Waals surface area contributed by atoms with Crippen LogP contribution in [0.4, 0.5) is 0 Å². The highest BCUT2D eigenvalue weighted by atomic mass is 16.3. The number of nitrogens with zero attached hydrogens (tertiary/aromatic N) is 4. The van der Waals surface area contributed by atoms with Crippen LogP contribution >= 0.6 is 0 Å². The molecule has 0 N–H and O–H groups in total. The van der Waals surface area contributed by atoms with Gasteiger partial charge in [0.15, 0.2) is 11.6 Å². The van der Waals surface area contributed by atoms with Crippen molar-refractivity contribution in [2.24, 2.45) is 0 Å². The van der Waals surface area contributed by atoms with E-state index in [1.165, 1.54) is 66.3 Å². The van der Waals surface area contributed by atoms with Crippen molar-refractivity contribution in [3.63, 3.8) is 0 Å². The fourth-order valence-electron chi connectivity index (χ4n) is 11.1. The lowest BCUT2D eigenvalue weighted by molar-refractivity contribution is 0.541. The van der Waals surface area contributed by atoms with Gasteiger partial charge in [0, 0.05) is 49.7 Å². The zero-order valence-electron chi connectivity index (χ0n) is 35.3. The van der Waals surface area contributed by atoms with Crippen molar-refractivity contribution < 1.29 is 4.42 Å². The molecule has 3 heterocycles. The van der Waals surface area contributed by atoms with Crippen LogP contribution in [0.5, 0.6) is 0 Å². The summed E-state index contributed by atoms with van der Waals surface area (Å²) >= 11 is 0. The van der Waals surface area contributed by atoms with Gasteiger partial charge in [-0.2, -0.15) is 0 Å². The summed E-state index contributed by atoms with van der Waals surface area (Å²) in [6.07, 6.45) is 0.907. The van der Waals surface area contributed by atoms with Crippen LogP contribution in [0, 0.1) is 0 Å². The Morgan fingerprint density at radius 1 is 0.556 bits per heavy atom. The van der Waals surface area contributed by atoms with E-state index in [0.29, 0.717) is 11.6 Å². The quantitative estimate of drug-likeness (QED) is 0.174. The highest BCUT2D eigenvalue weighted by Gasteiger charge is 2.38. The molecule has 0 spiro atoms. The average molecular weight is 811 g/mol. The summed E-state index contributed by atoms with van der Waals surface area (Å²) in [6, 6.07) is 63.3. The maximum Gasteiger partial charge on any atom is 0.163 e. The predicted octanol–water partition coefficient (Wildman–Crippen LogP) is 14.6. The van der Waals surface area contributed by atoms with Gasteiger partial charge in [-0.1, -0.05) is 154 Å². The van der Waals surface area contributed by atoms with Gasteiger partial charge >= 0.3 is 0 Å². The molecule has 300 valence electrons.